The monoisotopic (exact) mass is 526 g/mol. The predicted molar refractivity (Wildman–Crippen MR) is 144 cm³/mol. The smallest absolute Gasteiger partial charge is 0.413 e. The Bertz CT molecular complexity index is 1630. The van der Waals surface area contributed by atoms with Crippen molar-refractivity contribution >= 4 is 29.0 Å². The van der Waals surface area contributed by atoms with Gasteiger partial charge in [0.1, 0.15) is 23.3 Å². The molecule has 3 aromatic heterocycles. The number of aromatic amines is 1. The summed E-state index contributed by atoms with van der Waals surface area (Å²) >= 11 is 0. The molecule has 2 aromatic carbocycles. The number of fused-ring (bicyclic) bond motifs is 1. The van der Waals surface area contributed by atoms with Crippen LogP contribution in [0.5, 0.6) is 5.75 Å². The van der Waals surface area contributed by atoms with Crippen LogP contribution in [0.3, 0.4) is 0 Å². The number of carbonyl (C=O) groups excluding carboxylic acids is 2. The van der Waals surface area contributed by atoms with E-state index >= 15 is 0 Å². The molecule has 0 saturated heterocycles. The van der Waals surface area contributed by atoms with Crippen molar-refractivity contribution in [2.75, 3.05) is 19.0 Å². The minimum atomic E-state index is -0.622. The maximum absolute atomic E-state index is 13.0. The zero-order chi connectivity index (χ0) is 27.4. The molecule has 39 heavy (non-hydrogen) atoms. The van der Waals surface area contributed by atoms with Gasteiger partial charge in [-0.3, -0.25) is 10.1 Å². The zero-order valence-corrected chi connectivity index (χ0v) is 21.5. The minimum Gasteiger partial charge on any atom is -0.497 e. The largest absolute Gasteiger partial charge is 0.497 e. The molecule has 2 amide bonds. The highest BCUT2D eigenvalue weighted by Gasteiger charge is 2.18. The lowest BCUT2D eigenvalue weighted by molar-refractivity contribution is 0.0935. The molecule has 5 aromatic rings. The van der Waals surface area contributed by atoms with Crippen molar-refractivity contribution in [3.05, 3.63) is 78.6 Å². The van der Waals surface area contributed by atoms with E-state index in [2.05, 4.69) is 35.6 Å². The molecule has 0 unspecified atom stereocenters. The summed E-state index contributed by atoms with van der Waals surface area (Å²) in [5.41, 5.74) is 3.64. The van der Waals surface area contributed by atoms with Crippen LogP contribution in [0.2, 0.25) is 0 Å². The van der Waals surface area contributed by atoms with Crippen LogP contribution in [0, 0.1) is 0 Å². The Kier molecular flexibility index (Phi) is 7.17. The first kappa shape index (κ1) is 25.4. The number of anilines is 1. The summed E-state index contributed by atoms with van der Waals surface area (Å²) in [7, 11) is 1.60. The molecule has 3 heterocycles. The third kappa shape index (κ3) is 5.54. The van der Waals surface area contributed by atoms with E-state index in [-0.39, 0.29) is 30.2 Å². The van der Waals surface area contributed by atoms with Gasteiger partial charge in [-0.15, -0.1) is 0 Å². The number of rotatable bonds is 8. The van der Waals surface area contributed by atoms with Gasteiger partial charge in [0.25, 0.3) is 5.91 Å². The second kappa shape index (κ2) is 11.0. The number of benzene rings is 2. The van der Waals surface area contributed by atoms with Gasteiger partial charge in [0.05, 0.1) is 25.3 Å². The van der Waals surface area contributed by atoms with E-state index < -0.39 is 6.09 Å². The summed E-state index contributed by atoms with van der Waals surface area (Å²) in [6.45, 7) is 3.84. The third-order valence-electron chi connectivity index (χ3n) is 5.93. The molecule has 198 valence electrons. The van der Waals surface area contributed by atoms with Crippen LogP contribution < -0.4 is 15.4 Å². The first-order valence-electron chi connectivity index (χ1n) is 12.2. The maximum Gasteiger partial charge on any atom is 0.413 e. The van der Waals surface area contributed by atoms with Crippen LogP contribution in [0.4, 0.5) is 10.7 Å². The number of nitrogens with zero attached hydrogens (tertiary/aromatic N) is 5. The van der Waals surface area contributed by atoms with Crippen molar-refractivity contribution in [2.45, 2.75) is 19.9 Å². The molecule has 3 N–H and O–H groups in total. The summed E-state index contributed by atoms with van der Waals surface area (Å²) in [5, 5.41) is 5.55. The van der Waals surface area contributed by atoms with Gasteiger partial charge in [0, 0.05) is 29.8 Å². The van der Waals surface area contributed by atoms with Crippen molar-refractivity contribution in [3.8, 4) is 22.8 Å². The number of amides is 2. The Morgan fingerprint density at radius 1 is 1.10 bits per heavy atom. The van der Waals surface area contributed by atoms with E-state index in [0.717, 1.165) is 5.56 Å². The average Bonchev–Trinajstić information content (AvgIpc) is 3.60. The lowest BCUT2D eigenvalue weighted by atomic mass is 10.1. The Morgan fingerprint density at radius 2 is 1.92 bits per heavy atom. The van der Waals surface area contributed by atoms with E-state index in [4.69, 9.17) is 9.47 Å². The van der Waals surface area contributed by atoms with Gasteiger partial charge < -0.3 is 24.3 Å². The van der Waals surface area contributed by atoms with Crippen LogP contribution in [0.25, 0.3) is 28.1 Å². The summed E-state index contributed by atoms with van der Waals surface area (Å²) in [6.07, 6.45) is 5.83. The summed E-state index contributed by atoms with van der Waals surface area (Å²) in [6, 6.07) is 12.6. The fourth-order valence-corrected chi connectivity index (χ4v) is 4.03. The quantitative estimate of drug-likeness (QED) is 0.271. The van der Waals surface area contributed by atoms with E-state index in [1.165, 1.54) is 0 Å². The van der Waals surface area contributed by atoms with Crippen molar-refractivity contribution in [2.24, 2.45) is 0 Å². The second-order valence-corrected chi connectivity index (χ2v) is 8.53. The number of carbonyl (C=O) groups is 2. The molecule has 12 nitrogen and oxygen atoms in total. The second-order valence-electron chi connectivity index (χ2n) is 8.53. The lowest BCUT2D eigenvalue weighted by Crippen LogP contribution is -2.26. The predicted octanol–water partition coefficient (Wildman–Crippen LogP) is 4.27. The molecule has 5 rings (SSSR count). The van der Waals surface area contributed by atoms with Gasteiger partial charge in [-0.1, -0.05) is 12.1 Å². The number of hydrogen-bond acceptors (Lipinski definition) is 8. The molecule has 0 bridgehead atoms. The molecular weight excluding hydrogens is 500 g/mol. The number of ether oxygens (including phenoxy) is 2. The molecule has 0 aliphatic rings. The molecule has 0 aliphatic heterocycles. The summed E-state index contributed by atoms with van der Waals surface area (Å²) in [5.74, 6) is 1.06. The first-order chi connectivity index (χ1) is 18.9. The van der Waals surface area contributed by atoms with Gasteiger partial charge in [-0.05, 0) is 49.7 Å². The normalized spacial score (nSPS) is 11.7. The number of imidazole rings is 2. The molecule has 0 aliphatic carbocycles. The Labute approximate surface area is 223 Å². The molecule has 0 saturated carbocycles. The van der Waals surface area contributed by atoms with Crippen molar-refractivity contribution < 1.29 is 19.1 Å². The van der Waals surface area contributed by atoms with Crippen LogP contribution in [0.15, 0.2) is 67.4 Å². The Hall–Kier alpha value is -5.26. The number of methoxy groups -OCH3 is 1. The van der Waals surface area contributed by atoms with Crippen LogP contribution in [-0.2, 0) is 4.74 Å². The van der Waals surface area contributed by atoms with E-state index in [9.17, 15) is 9.59 Å². The van der Waals surface area contributed by atoms with E-state index in [1.807, 2.05) is 43.3 Å². The van der Waals surface area contributed by atoms with Gasteiger partial charge in [-0.25, -0.2) is 24.7 Å². The van der Waals surface area contributed by atoms with Crippen LogP contribution >= 0.6 is 0 Å². The number of H-pyrrole nitrogens is 1. The third-order valence-corrected chi connectivity index (χ3v) is 5.93. The SMILES string of the molecule is CCOC(=O)Nc1nc2c(-c3ncccn3)cc(-n3cnc(C(=O)N[C@@H](C)c4cccc(OC)c4)c3)cc2[nH]1. The minimum absolute atomic E-state index is 0.218. The lowest BCUT2D eigenvalue weighted by Gasteiger charge is -2.14. The van der Waals surface area contributed by atoms with E-state index in [1.54, 1.807) is 49.6 Å². The maximum atomic E-state index is 13.0. The highest BCUT2D eigenvalue weighted by molar-refractivity contribution is 5.95. The molecular formula is C27H26N8O4. The summed E-state index contributed by atoms with van der Waals surface area (Å²) < 4.78 is 11.9. The Balaban J connectivity index is 1.45. The zero-order valence-electron chi connectivity index (χ0n) is 21.5. The van der Waals surface area contributed by atoms with Crippen molar-refractivity contribution in [1.29, 1.82) is 0 Å². The first-order valence-corrected chi connectivity index (χ1v) is 12.2. The molecule has 0 fully saturated rings. The molecule has 0 radical (unpaired) electrons. The van der Waals surface area contributed by atoms with Gasteiger partial charge in [0.15, 0.2) is 5.82 Å². The van der Waals surface area contributed by atoms with Crippen LogP contribution in [-0.4, -0.2) is 55.2 Å². The van der Waals surface area contributed by atoms with Gasteiger partial charge in [-0.2, -0.15) is 0 Å². The standard InChI is InChI=1S/C27H26N8O4/c1-4-39-27(37)34-26-32-21-13-18(12-20(23(21)33-26)24-28-9-6-10-29-24)35-14-22(30-15-35)25(36)31-16(2)17-7-5-8-19(11-17)38-3/h5-16H,4H2,1-3H3,(H,31,36)(H2,32,33,34,37)/t16-/m0/s1. The highest BCUT2D eigenvalue weighted by atomic mass is 16.5. The highest BCUT2D eigenvalue weighted by Crippen LogP contribution is 2.29. The molecule has 0 spiro atoms. The van der Waals surface area contributed by atoms with Crippen molar-refractivity contribution in [1.82, 2.24) is 34.8 Å². The topological polar surface area (TPSA) is 149 Å². The number of hydrogen-bond donors (Lipinski definition) is 3. The van der Waals surface area contributed by atoms with Crippen LogP contribution in [0.1, 0.15) is 35.9 Å². The molecule has 12 heteroatoms. The number of aromatic nitrogens is 6. The van der Waals surface area contributed by atoms with Gasteiger partial charge in [0.2, 0.25) is 5.95 Å². The number of nitrogens with one attached hydrogen (secondary N) is 3. The van der Waals surface area contributed by atoms with Gasteiger partial charge >= 0.3 is 6.09 Å². The fraction of sp³-hybridized carbons (Fsp3) is 0.185. The Morgan fingerprint density at radius 3 is 2.69 bits per heavy atom. The van der Waals surface area contributed by atoms with Crippen molar-refractivity contribution in [3.63, 3.8) is 0 Å². The summed E-state index contributed by atoms with van der Waals surface area (Å²) in [4.78, 5) is 45.5. The van der Waals surface area contributed by atoms with E-state index in [0.29, 0.717) is 33.9 Å². The average molecular weight is 527 g/mol. The molecule has 1 atom stereocenters. The fourth-order valence-electron chi connectivity index (χ4n) is 4.03.